The Labute approximate surface area is 145 Å². The molecule has 0 aliphatic carbocycles. The van der Waals surface area contributed by atoms with E-state index in [0.29, 0.717) is 5.69 Å². The summed E-state index contributed by atoms with van der Waals surface area (Å²) in [5, 5.41) is 7.45. The molecule has 0 atom stereocenters. The van der Waals surface area contributed by atoms with Gasteiger partial charge in [-0.2, -0.15) is 0 Å². The Hall–Kier alpha value is -2.97. The summed E-state index contributed by atoms with van der Waals surface area (Å²) in [5.74, 6) is -1.20. The fourth-order valence-electron chi connectivity index (χ4n) is 1.84. The number of rotatable bonds is 6. The van der Waals surface area contributed by atoms with Gasteiger partial charge in [0.25, 0.3) is 5.91 Å². The van der Waals surface area contributed by atoms with Crippen LogP contribution in [0.3, 0.4) is 0 Å². The second kappa shape index (κ2) is 8.22. The number of benzene rings is 2. The third-order valence-corrected chi connectivity index (χ3v) is 3.95. The van der Waals surface area contributed by atoms with Gasteiger partial charge in [0.1, 0.15) is 0 Å². The molecular weight excluding hydrogens is 344 g/mol. The average Bonchev–Trinajstić information content (AvgIpc) is 2.59. The van der Waals surface area contributed by atoms with Gasteiger partial charge in [-0.25, -0.2) is 18.4 Å². The Morgan fingerprint density at radius 2 is 1.68 bits per heavy atom. The average molecular weight is 360 g/mol. The van der Waals surface area contributed by atoms with Crippen LogP contribution < -0.4 is 10.5 Å². The number of sulfonamides is 1. The van der Waals surface area contributed by atoms with Gasteiger partial charge >= 0.3 is 5.97 Å². The van der Waals surface area contributed by atoms with Crippen LogP contribution in [0.1, 0.15) is 5.56 Å². The summed E-state index contributed by atoms with van der Waals surface area (Å²) in [4.78, 5) is 23.2. The molecular formula is C17H16N2O5S. The Kier molecular flexibility index (Phi) is 6.04. The maximum atomic E-state index is 11.7. The summed E-state index contributed by atoms with van der Waals surface area (Å²) in [7, 11) is -3.79. The molecule has 0 heterocycles. The Morgan fingerprint density at radius 3 is 2.28 bits per heavy atom. The SMILES string of the molecule is NS(=O)(=O)c1ccc(NC(=O)COC(=O)/C=C/c2ccccc2)cc1. The molecule has 2 rings (SSSR count). The molecule has 1 amide bonds. The second-order valence-corrected chi connectivity index (χ2v) is 6.53. The van der Waals surface area contributed by atoms with Gasteiger partial charge < -0.3 is 10.1 Å². The minimum Gasteiger partial charge on any atom is -0.452 e. The molecule has 25 heavy (non-hydrogen) atoms. The van der Waals surface area contributed by atoms with Crippen LogP contribution >= 0.6 is 0 Å². The first-order valence-electron chi connectivity index (χ1n) is 7.17. The van der Waals surface area contributed by atoms with Gasteiger partial charge in [0.15, 0.2) is 6.61 Å². The fourth-order valence-corrected chi connectivity index (χ4v) is 2.35. The summed E-state index contributed by atoms with van der Waals surface area (Å²) in [6.07, 6.45) is 2.80. The van der Waals surface area contributed by atoms with Crippen molar-refractivity contribution in [2.24, 2.45) is 5.14 Å². The number of amides is 1. The van der Waals surface area contributed by atoms with Crippen molar-refractivity contribution in [1.29, 1.82) is 0 Å². The van der Waals surface area contributed by atoms with E-state index in [9.17, 15) is 18.0 Å². The van der Waals surface area contributed by atoms with E-state index in [1.54, 1.807) is 6.08 Å². The smallest absolute Gasteiger partial charge is 0.331 e. The summed E-state index contributed by atoms with van der Waals surface area (Å²) in [6.45, 7) is -0.463. The van der Waals surface area contributed by atoms with E-state index in [-0.39, 0.29) is 4.90 Å². The summed E-state index contributed by atoms with van der Waals surface area (Å²) < 4.78 is 27.1. The summed E-state index contributed by atoms with van der Waals surface area (Å²) in [5.41, 5.74) is 1.19. The zero-order valence-electron chi connectivity index (χ0n) is 13.1. The van der Waals surface area contributed by atoms with Crippen LogP contribution in [-0.2, 0) is 24.3 Å². The largest absolute Gasteiger partial charge is 0.452 e. The minimum absolute atomic E-state index is 0.0667. The minimum atomic E-state index is -3.79. The van der Waals surface area contributed by atoms with Crippen LogP contribution in [0.5, 0.6) is 0 Å². The van der Waals surface area contributed by atoms with Crippen molar-refractivity contribution < 1.29 is 22.7 Å². The van der Waals surface area contributed by atoms with Gasteiger partial charge in [-0.1, -0.05) is 30.3 Å². The molecule has 0 bridgehead atoms. The third-order valence-electron chi connectivity index (χ3n) is 3.02. The maximum absolute atomic E-state index is 11.7. The second-order valence-electron chi connectivity index (χ2n) is 4.97. The molecule has 0 radical (unpaired) electrons. The quantitative estimate of drug-likeness (QED) is 0.599. The standard InChI is InChI=1S/C17H16N2O5S/c18-25(22,23)15-9-7-14(8-10-15)19-16(20)12-24-17(21)11-6-13-4-2-1-3-5-13/h1-11H,12H2,(H,19,20)(H2,18,22,23)/b11-6+. The zero-order chi connectivity index (χ0) is 18.3. The number of ether oxygens (including phenoxy) is 1. The highest BCUT2D eigenvalue weighted by Crippen LogP contribution is 2.12. The van der Waals surface area contributed by atoms with Gasteiger partial charge in [0.05, 0.1) is 4.90 Å². The van der Waals surface area contributed by atoms with Crippen molar-refractivity contribution in [3.63, 3.8) is 0 Å². The molecule has 0 fully saturated rings. The molecule has 2 aromatic carbocycles. The lowest BCUT2D eigenvalue weighted by molar-refractivity contribution is -0.142. The Balaban J connectivity index is 1.82. The van der Waals surface area contributed by atoms with Crippen molar-refractivity contribution in [3.05, 3.63) is 66.2 Å². The molecule has 0 unspecified atom stereocenters. The van der Waals surface area contributed by atoms with E-state index in [4.69, 9.17) is 9.88 Å². The van der Waals surface area contributed by atoms with E-state index >= 15 is 0 Å². The van der Waals surface area contributed by atoms with Crippen LogP contribution in [0.25, 0.3) is 6.08 Å². The van der Waals surface area contributed by atoms with Gasteiger partial charge in [-0.3, -0.25) is 4.79 Å². The molecule has 130 valence electrons. The lowest BCUT2D eigenvalue weighted by Gasteiger charge is -2.06. The molecule has 0 aromatic heterocycles. The van der Waals surface area contributed by atoms with Crippen LogP contribution in [0, 0.1) is 0 Å². The van der Waals surface area contributed by atoms with Gasteiger partial charge in [-0.15, -0.1) is 0 Å². The number of primary sulfonamides is 1. The van der Waals surface area contributed by atoms with Crippen LogP contribution in [-0.4, -0.2) is 26.9 Å². The molecule has 3 N–H and O–H groups in total. The molecule has 0 saturated carbocycles. The van der Waals surface area contributed by atoms with E-state index in [1.807, 2.05) is 30.3 Å². The molecule has 0 aliphatic heterocycles. The van der Waals surface area contributed by atoms with Crippen molar-refractivity contribution in [3.8, 4) is 0 Å². The summed E-state index contributed by atoms with van der Waals surface area (Å²) in [6, 6.07) is 14.5. The van der Waals surface area contributed by atoms with E-state index < -0.39 is 28.5 Å². The lowest BCUT2D eigenvalue weighted by atomic mass is 10.2. The van der Waals surface area contributed by atoms with E-state index in [2.05, 4.69) is 5.32 Å². The first-order valence-corrected chi connectivity index (χ1v) is 8.72. The number of carbonyl (C=O) groups is 2. The van der Waals surface area contributed by atoms with Crippen LogP contribution in [0.15, 0.2) is 65.6 Å². The molecule has 2 aromatic rings. The number of hydrogen-bond acceptors (Lipinski definition) is 5. The Morgan fingerprint density at radius 1 is 1.04 bits per heavy atom. The number of nitrogens with two attached hydrogens (primary N) is 1. The highest BCUT2D eigenvalue weighted by atomic mass is 32.2. The maximum Gasteiger partial charge on any atom is 0.331 e. The third kappa shape index (κ3) is 6.21. The molecule has 0 saturated heterocycles. The van der Waals surface area contributed by atoms with E-state index in [0.717, 1.165) is 5.56 Å². The number of esters is 1. The monoisotopic (exact) mass is 360 g/mol. The van der Waals surface area contributed by atoms with E-state index in [1.165, 1.54) is 30.3 Å². The van der Waals surface area contributed by atoms with Gasteiger partial charge in [-0.05, 0) is 35.9 Å². The Bertz CT molecular complexity index is 875. The van der Waals surface area contributed by atoms with Gasteiger partial charge in [0, 0.05) is 11.8 Å². The van der Waals surface area contributed by atoms with Gasteiger partial charge in [0.2, 0.25) is 10.0 Å². The van der Waals surface area contributed by atoms with Crippen molar-refractivity contribution in [2.45, 2.75) is 4.90 Å². The van der Waals surface area contributed by atoms with Crippen LogP contribution in [0.2, 0.25) is 0 Å². The zero-order valence-corrected chi connectivity index (χ0v) is 13.9. The lowest BCUT2D eigenvalue weighted by Crippen LogP contribution is -2.20. The number of hydrogen-bond donors (Lipinski definition) is 2. The normalized spacial score (nSPS) is 11.2. The highest BCUT2D eigenvalue weighted by molar-refractivity contribution is 7.89. The number of anilines is 1. The number of carbonyl (C=O) groups excluding carboxylic acids is 2. The fraction of sp³-hybridized carbons (Fsp3) is 0.0588. The van der Waals surface area contributed by atoms with Crippen LogP contribution in [0.4, 0.5) is 5.69 Å². The van der Waals surface area contributed by atoms with Crippen molar-refractivity contribution >= 4 is 33.7 Å². The molecule has 7 nitrogen and oxygen atoms in total. The number of nitrogens with one attached hydrogen (secondary N) is 1. The highest BCUT2D eigenvalue weighted by Gasteiger charge is 2.09. The predicted molar refractivity (Wildman–Crippen MR) is 92.9 cm³/mol. The first kappa shape index (κ1) is 18.4. The summed E-state index contributed by atoms with van der Waals surface area (Å²) >= 11 is 0. The molecule has 0 spiro atoms. The molecule has 0 aliphatic rings. The first-order chi connectivity index (χ1) is 11.8. The van der Waals surface area contributed by atoms with Crippen molar-refractivity contribution in [2.75, 3.05) is 11.9 Å². The predicted octanol–water partition coefficient (Wildman–Crippen LogP) is 1.53. The molecule has 8 heteroatoms. The van der Waals surface area contributed by atoms with Crippen molar-refractivity contribution in [1.82, 2.24) is 0 Å². The topological polar surface area (TPSA) is 116 Å².